The fraction of sp³-hybridized carbons (Fsp3) is 0.333. The highest BCUT2D eigenvalue weighted by Crippen LogP contribution is 2.32. The van der Waals surface area contributed by atoms with Crippen LogP contribution in [0.15, 0.2) is 30.5 Å². The van der Waals surface area contributed by atoms with Gasteiger partial charge >= 0.3 is 0 Å². The summed E-state index contributed by atoms with van der Waals surface area (Å²) < 4.78 is 0. The second-order valence-corrected chi connectivity index (χ2v) is 3.40. The zero-order chi connectivity index (χ0) is 9.10. The Balaban J connectivity index is 2.16. The molecule has 1 heterocycles. The average molecular weight is 172 g/mol. The van der Waals surface area contributed by atoms with E-state index >= 15 is 0 Å². The topological polar surface area (TPSA) is 14.1 Å². The van der Waals surface area contributed by atoms with Gasteiger partial charge in [0.25, 0.3) is 0 Å². The van der Waals surface area contributed by atoms with Crippen molar-refractivity contribution in [2.45, 2.75) is 26.2 Å². The Morgan fingerprint density at radius 3 is 2.92 bits per heavy atom. The van der Waals surface area contributed by atoms with E-state index in [0.717, 1.165) is 12.1 Å². The first-order valence-corrected chi connectivity index (χ1v) is 4.91. The zero-order valence-corrected chi connectivity index (χ0v) is 7.96. The Bertz CT molecular complexity index is 326. The largest absolute Gasteiger partial charge is 0.256 e. The number of fused-ring (bicyclic) bond motifs is 1. The van der Waals surface area contributed by atoms with Crippen LogP contribution in [0.1, 0.15) is 31.7 Å². The summed E-state index contributed by atoms with van der Waals surface area (Å²) in [6.07, 6.45) is 5.69. The molecule has 1 aromatic carbocycles. The van der Waals surface area contributed by atoms with Gasteiger partial charge in [-0.3, -0.25) is 5.32 Å². The molecule has 13 heavy (non-hydrogen) atoms. The van der Waals surface area contributed by atoms with E-state index in [9.17, 15) is 0 Å². The second-order valence-electron chi connectivity index (χ2n) is 3.40. The van der Waals surface area contributed by atoms with E-state index in [-0.39, 0.29) is 0 Å². The first-order chi connectivity index (χ1) is 6.42. The van der Waals surface area contributed by atoms with Crippen LogP contribution in [0.2, 0.25) is 0 Å². The molecule has 0 saturated carbocycles. The molecule has 67 valence electrons. The predicted octanol–water partition coefficient (Wildman–Crippen LogP) is 3.47. The molecule has 0 atom stereocenters. The molecule has 1 radical (unpaired) electrons. The molecule has 1 aliphatic heterocycles. The summed E-state index contributed by atoms with van der Waals surface area (Å²) in [5.41, 5.74) is 3.86. The van der Waals surface area contributed by atoms with Crippen molar-refractivity contribution in [2.24, 2.45) is 0 Å². The van der Waals surface area contributed by atoms with Crippen molar-refractivity contribution in [1.82, 2.24) is 5.32 Å². The third kappa shape index (κ3) is 1.59. The Morgan fingerprint density at radius 2 is 2.08 bits per heavy atom. The highest BCUT2D eigenvalue weighted by molar-refractivity contribution is 5.78. The molecule has 0 unspecified atom stereocenters. The van der Waals surface area contributed by atoms with Gasteiger partial charge in [0, 0.05) is 11.8 Å². The molecule has 0 amide bonds. The Kier molecular flexibility index (Phi) is 2.35. The Labute approximate surface area is 79.5 Å². The lowest BCUT2D eigenvalue weighted by Crippen LogP contribution is -1.81. The summed E-state index contributed by atoms with van der Waals surface area (Å²) in [4.78, 5) is 0. The van der Waals surface area contributed by atoms with Gasteiger partial charge in [-0.05, 0) is 24.5 Å². The minimum absolute atomic E-state index is 1.13. The number of allylic oxidation sites excluding steroid dienone is 1. The summed E-state index contributed by atoms with van der Waals surface area (Å²) in [5, 5.41) is 4.37. The second kappa shape index (κ2) is 3.65. The van der Waals surface area contributed by atoms with Crippen LogP contribution in [-0.2, 0) is 0 Å². The van der Waals surface area contributed by atoms with E-state index in [1.807, 2.05) is 12.3 Å². The maximum absolute atomic E-state index is 4.37. The van der Waals surface area contributed by atoms with Crippen LogP contribution in [0, 0.1) is 0 Å². The predicted molar refractivity (Wildman–Crippen MR) is 55.7 cm³/mol. The number of para-hydroxylation sites is 1. The number of hydrogen-bond acceptors (Lipinski definition) is 0. The van der Waals surface area contributed by atoms with Crippen LogP contribution in [0.4, 0.5) is 5.69 Å². The first-order valence-electron chi connectivity index (χ1n) is 4.91. The van der Waals surface area contributed by atoms with Gasteiger partial charge in [-0.15, -0.1) is 0 Å². The van der Waals surface area contributed by atoms with Gasteiger partial charge in [-0.25, -0.2) is 0 Å². The molecular weight excluding hydrogens is 158 g/mol. The lowest BCUT2D eigenvalue weighted by atomic mass is 10.0. The summed E-state index contributed by atoms with van der Waals surface area (Å²) >= 11 is 0. The van der Waals surface area contributed by atoms with Gasteiger partial charge in [-0.1, -0.05) is 31.5 Å². The molecule has 0 bridgehead atoms. The van der Waals surface area contributed by atoms with E-state index in [1.54, 1.807) is 0 Å². The monoisotopic (exact) mass is 172 g/mol. The van der Waals surface area contributed by atoms with Crippen LogP contribution >= 0.6 is 0 Å². The molecule has 0 aromatic heterocycles. The van der Waals surface area contributed by atoms with E-state index < -0.39 is 0 Å². The third-order valence-electron chi connectivity index (χ3n) is 2.41. The van der Waals surface area contributed by atoms with Crippen molar-refractivity contribution in [3.05, 3.63) is 36.0 Å². The fourth-order valence-electron chi connectivity index (χ4n) is 1.64. The number of nitrogens with zero attached hydrogens (tertiary/aromatic N) is 1. The van der Waals surface area contributed by atoms with Crippen molar-refractivity contribution in [1.29, 1.82) is 0 Å². The van der Waals surface area contributed by atoms with Gasteiger partial charge in [0.1, 0.15) is 0 Å². The van der Waals surface area contributed by atoms with E-state index in [2.05, 4.69) is 30.4 Å². The van der Waals surface area contributed by atoms with E-state index in [0.29, 0.717) is 0 Å². The Hall–Kier alpha value is -1.24. The molecule has 1 heteroatoms. The van der Waals surface area contributed by atoms with Gasteiger partial charge in [-0.2, -0.15) is 0 Å². The molecule has 0 spiro atoms. The molecule has 0 aliphatic carbocycles. The van der Waals surface area contributed by atoms with Crippen LogP contribution in [0.5, 0.6) is 0 Å². The molecule has 1 aliphatic rings. The van der Waals surface area contributed by atoms with Gasteiger partial charge < -0.3 is 0 Å². The van der Waals surface area contributed by atoms with Gasteiger partial charge in [0.2, 0.25) is 0 Å². The van der Waals surface area contributed by atoms with Crippen molar-refractivity contribution in [3.8, 4) is 0 Å². The normalized spacial score (nSPS) is 13.5. The maximum atomic E-state index is 4.37. The quantitative estimate of drug-likeness (QED) is 0.663. The number of unbranched alkanes of at least 4 members (excludes halogenated alkanes) is 1. The molecule has 0 N–H and O–H groups in total. The van der Waals surface area contributed by atoms with Gasteiger partial charge in [0.05, 0.1) is 5.69 Å². The highest BCUT2D eigenvalue weighted by atomic mass is 14.9. The minimum Gasteiger partial charge on any atom is -0.256 e. The minimum atomic E-state index is 1.13. The molecular formula is C12H14N. The van der Waals surface area contributed by atoms with Crippen LogP contribution < -0.4 is 5.32 Å². The van der Waals surface area contributed by atoms with Crippen LogP contribution in [0.3, 0.4) is 0 Å². The van der Waals surface area contributed by atoms with Gasteiger partial charge in [0.15, 0.2) is 0 Å². The fourth-order valence-corrected chi connectivity index (χ4v) is 1.64. The lowest BCUT2D eigenvalue weighted by Gasteiger charge is -2.01. The SMILES string of the molecule is CCCCC1=C[N]c2ccccc21. The van der Waals surface area contributed by atoms with Crippen molar-refractivity contribution < 1.29 is 0 Å². The third-order valence-corrected chi connectivity index (χ3v) is 2.41. The van der Waals surface area contributed by atoms with Crippen LogP contribution in [-0.4, -0.2) is 0 Å². The molecule has 0 saturated heterocycles. The summed E-state index contributed by atoms with van der Waals surface area (Å²) in [7, 11) is 0. The number of benzene rings is 1. The van der Waals surface area contributed by atoms with Crippen molar-refractivity contribution >= 4 is 11.3 Å². The maximum Gasteiger partial charge on any atom is 0.0705 e. The molecule has 1 aromatic rings. The molecule has 0 fully saturated rings. The summed E-state index contributed by atoms with van der Waals surface area (Å²) in [6.45, 7) is 2.22. The number of hydrogen-bond donors (Lipinski definition) is 0. The van der Waals surface area contributed by atoms with Crippen molar-refractivity contribution in [3.63, 3.8) is 0 Å². The first kappa shape index (κ1) is 8.36. The smallest absolute Gasteiger partial charge is 0.0705 e. The standard InChI is InChI=1S/C12H14N/c1-2-3-6-10-9-13-12-8-5-4-7-11(10)12/h4-5,7-9H,2-3,6H2,1H3. The number of rotatable bonds is 3. The van der Waals surface area contributed by atoms with E-state index in [4.69, 9.17) is 0 Å². The summed E-state index contributed by atoms with van der Waals surface area (Å²) in [5.74, 6) is 0. The lowest BCUT2D eigenvalue weighted by molar-refractivity contribution is 0.825. The Morgan fingerprint density at radius 1 is 1.23 bits per heavy atom. The average Bonchev–Trinajstić information content (AvgIpc) is 2.58. The molecule has 2 rings (SSSR count). The molecule has 1 nitrogen and oxygen atoms in total. The van der Waals surface area contributed by atoms with Crippen LogP contribution in [0.25, 0.3) is 5.57 Å². The highest BCUT2D eigenvalue weighted by Gasteiger charge is 2.12. The van der Waals surface area contributed by atoms with Crippen molar-refractivity contribution in [2.75, 3.05) is 0 Å². The van der Waals surface area contributed by atoms with E-state index in [1.165, 1.54) is 24.0 Å². The summed E-state index contributed by atoms with van der Waals surface area (Å²) in [6, 6.07) is 8.36. The zero-order valence-electron chi connectivity index (χ0n) is 7.96.